The molecule has 0 spiro atoms. The van der Waals surface area contributed by atoms with Crippen LogP contribution in [0, 0.1) is 10.1 Å². The quantitative estimate of drug-likeness (QED) is 0.609. The minimum atomic E-state index is -0.395. The van der Waals surface area contributed by atoms with E-state index in [1.807, 2.05) is 7.05 Å². The van der Waals surface area contributed by atoms with E-state index < -0.39 is 4.92 Å². The zero-order valence-corrected chi connectivity index (χ0v) is 11.8. The standard InChI is InChI=1S/C14H21N3O3/c1-15-11-12-4-5-13(17(18)19)14(10-12)20-9-8-16-6-2-3-7-16/h4-5,10,15H,2-3,6-9,11H2,1H3. The summed E-state index contributed by atoms with van der Waals surface area (Å²) < 4.78 is 5.64. The van der Waals surface area contributed by atoms with Crippen molar-refractivity contribution in [1.82, 2.24) is 10.2 Å². The van der Waals surface area contributed by atoms with Crippen molar-refractivity contribution in [3.8, 4) is 5.75 Å². The molecule has 6 nitrogen and oxygen atoms in total. The van der Waals surface area contributed by atoms with Gasteiger partial charge in [0.15, 0.2) is 5.75 Å². The highest BCUT2D eigenvalue weighted by molar-refractivity contribution is 5.48. The van der Waals surface area contributed by atoms with Crippen LogP contribution in [0.5, 0.6) is 5.75 Å². The number of nitrogens with one attached hydrogen (secondary N) is 1. The zero-order valence-electron chi connectivity index (χ0n) is 11.8. The molecule has 1 saturated heterocycles. The molecule has 0 atom stereocenters. The van der Waals surface area contributed by atoms with Crippen LogP contribution in [0.3, 0.4) is 0 Å². The molecule has 0 aromatic heterocycles. The second-order valence-corrected chi connectivity index (χ2v) is 4.99. The van der Waals surface area contributed by atoms with Crippen LogP contribution in [0.25, 0.3) is 0 Å². The van der Waals surface area contributed by atoms with Crippen molar-refractivity contribution < 1.29 is 9.66 Å². The van der Waals surface area contributed by atoms with E-state index >= 15 is 0 Å². The maximum atomic E-state index is 11.0. The third-order valence-electron chi connectivity index (χ3n) is 3.47. The van der Waals surface area contributed by atoms with Crippen LogP contribution < -0.4 is 10.1 Å². The molecule has 0 saturated carbocycles. The van der Waals surface area contributed by atoms with Gasteiger partial charge in [-0.25, -0.2) is 0 Å². The molecular formula is C14H21N3O3. The Hall–Kier alpha value is -1.66. The van der Waals surface area contributed by atoms with E-state index in [0.717, 1.165) is 25.2 Å². The summed E-state index contributed by atoms with van der Waals surface area (Å²) in [6.07, 6.45) is 2.47. The van der Waals surface area contributed by atoms with Crippen LogP contribution in [-0.2, 0) is 6.54 Å². The Bertz CT molecular complexity index is 459. The van der Waals surface area contributed by atoms with Gasteiger partial charge in [0, 0.05) is 19.2 Å². The molecular weight excluding hydrogens is 258 g/mol. The normalized spacial score (nSPS) is 15.4. The van der Waals surface area contributed by atoms with E-state index in [9.17, 15) is 10.1 Å². The fraction of sp³-hybridized carbons (Fsp3) is 0.571. The van der Waals surface area contributed by atoms with Gasteiger partial charge in [-0.15, -0.1) is 0 Å². The SMILES string of the molecule is CNCc1ccc([N+](=O)[O-])c(OCCN2CCCC2)c1. The lowest BCUT2D eigenvalue weighted by Crippen LogP contribution is -2.25. The predicted molar refractivity (Wildman–Crippen MR) is 77.0 cm³/mol. The van der Waals surface area contributed by atoms with Crippen molar-refractivity contribution in [2.75, 3.05) is 33.3 Å². The average Bonchev–Trinajstić information content (AvgIpc) is 2.92. The summed E-state index contributed by atoms with van der Waals surface area (Å²) in [4.78, 5) is 12.9. The number of nitrogens with zero attached hydrogens (tertiary/aromatic N) is 2. The number of hydrogen-bond donors (Lipinski definition) is 1. The van der Waals surface area contributed by atoms with Crippen molar-refractivity contribution in [1.29, 1.82) is 0 Å². The second-order valence-electron chi connectivity index (χ2n) is 4.99. The summed E-state index contributed by atoms with van der Waals surface area (Å²) in [5, 5.41) is 14.0. The van der Waals surface area contributed by atoms with Gasteiger partial charge in [-0.05, 0) is 44.6 Å². The Morgan fingerprint density at radius 2 is 2.15 bits per heavy atom. The lowest BCUT2D eigenvalue weighted by Gasteiger charge is -2.15. The van der Waals surface area contributed by atoms with Gasteiger partial charge in [-0.3, -0.25) is 15.0 Å². The van der Waals surface area contributed by atoms with Gasteiger partial charge in [0.1, 0.15) is 6.61 Å². The first-order valence-electron chi connectivity index (χ1n) is 6.98. The zero-order chi connectivity index (χ0) is 14.4. The van der Waals surface area contributed by atoms with E-state index in [1.54, 1.807) is 12.1 Å². The average molecular weight is 279 g/mol. The molecule has 0 bridgehead atoms. The number of nitro benzene ring substituents is 1. The van der Waals surface area contributed by atoms with Crippen LogP contribution >= 0.6 is 0 Å². The van der Waals surface area contributed by atoms with Crippen LogP contribution in [0.1, 0.15) is 18.4 Å². The molecule has 1 aromatic carbocycles. The van der Waals surface area contributed by atoms with Gasteiger partial charge >= 0.3 is 5.69 Å². The van der Waals surface area contributed by atoms with Gasteiger partial charge in [0.25, 0.3) is 0 Å². The first kappa shape index (κ1) is 14.7. The van der Waals surface area contributed by atoms with Crippen LogP contribution in [0.15, 0.2) is 18.2 Å². The molecule has 1 fully saturated rings. The Morgan fingerprint density at radius 3 is 2.80 bits per heavy atom. The van der Waals surface area contributed by atoms with E-state index in [0.29, 0.717) is 18.9 Å². The smallest absolute Gasteiger partial charge is 0.310 e. The summed E-state index contributed by atoms with van der Waals surface area (Å²) in [6.45, 7) is 4.19. The Kier molecular flexibility index (Phi) is 5.31. The van der Waals surface area contributed by atoms with Crippen LogP contribution in [-0.4, -0.2) is 43.1 Å². The van der Waals surface area contributed by atoms with Crippen molar-refractivity contribution in [2.45, 2.75) is 19.4 Å². The molecule has 1 aliphatic rings. The summed E-state index contributed by atoms with van der Waals surface area (Å²) in [7, 11) is 1.84. The van der Waals surface area contributed by atoms with Crippen LogP contribution in [0.4, 0.5) is 5.69 Å². The molecule has 0 unspecified atom stereocenters. The summed E-state index contributed by atoms with van der Waals surface area (Å²) in [6, 6.07) is 5.01. The molecule has 0 amide bonds. The van der Waals surface area contributed by atoms with Crippen molar-refractivity contribution in [3.05, 3.63) is 33.9 Å². The first-order chi connectivity index (χ1) is 9.70. The number of ether oxygens (including phenoxy) is 1. The van der Waals surface area contributed by atoms with Gasteiger partial charge in [0.2, 0.25) is 0 Å². The minimum Gasteiger partial charge on any atom is -0.485 e. The van der Waals surface area contributed by atoms with Gasteiger partial charge in [-0.2, -0.15) is 0 Å². The molecule has 6 heteroatoms. The molecule has 1 aliphatic heterocycles. The van der Waals surface area contributed by atoms with E-state index in [2.05, 4.69) is 10.2 Å². The van der Waals surface area contributed by atoms with Crippen molar-refractivity contribution >= 4 is 5.69 Å². The molecule has 1 heterocycles. The highest BCUT2D eigenvalue weighted by atomic mass is 16.6. The number of hydrogen-bond acceptors (Lipinski definition) is 5. The van der Waals surface area contributed by atoms with Crippen molar-refractivity contribution in [2.24, 2.45) is 0 Å². The Morgan fingerprint density at radius 1 is 1.40 bits per heavy atom. The monoisotopic (exact) mass is 279 g/mol. The summed E-state index contributed by atoms with van der Waals surface area (Å²) >= 11 is 0. The van der Waals surface area contributed by atoms with E-state index in [4.69, 9.17) is 4.74 Å². The van der Waals surface area contributed by atoms with Crippen LogP contribution in [0.2, 0.25) is 0 Å². The summed E-state index contributed by atoms with van der Waals surface area (Å²) in [5.41, 5.74) is 1.01. The number of benzene rings is 1. The predicted octanol–water partition coefficient (Wildman–Crippen LogP) is 1.79. The van der Waals surface area contributed by atoms with E-state index in [1.165, 1.54) is 18.9 Å². The number of rotatable bonds is 7. The highest BCUT2D eigenvalue weighted by Gasteiger charge is 2.16. The highest BCUT2D eigenvalue weighted by Crippen LogP contribution is 2.28. The maximum absolute atomic E-state index is 11.0. The first-order valence-corrected chi connectivity index (χ1v) is 6.98. The lowest BCUT2D eigenvalue weighted by atomic mass is 10.2. The van der Waals surface area contributed by atoms with Gasteiger partial charge in [0.05, 0.1) is 4.92 Å². The molecule has 20 heavy (non-hydrogen) atoms. The molecule has 110 valence electrons. The molecule has 2 rings (SSSR count). The maximum Gasteiger partial charge on any atom is 0.310 e. The number of likely N-dealkylation sites (tertiary alicyclic amines) is 1. The Labute approximate surface area is 118 Å². The molecule has 1 aromatic rings. The third kappa shape index (κ3) is 3.91. The second kappa shape index (κ2) is 7.21. The molecule has 0 aliphatic carbocycles. The molecule has 1 N–H and O–H groups in total. The fourth-order valence-corrected chi connectivity index (χ4v) is 2.43. The molecule has 0 radical (unpaired) electrons. The van der Waals surface area contributed by atoms with E-state index in [-0.39, 0.29) is 5.69 Å². The number of nitro groups is 1. The van der Waals surface area contributed by atoms with Crippen molar-refractivity contribution in [3.63, 3.8) is 0 Å². The fourth-order valence-electron chi connectivity index (χ4n) is 2.43. The topological polar surface area (TPSA) is 67.6 Å². The Balaban J connectivity index is 1.98. The van der Waals surface area contributed by atoms with Gasteiger partial charge < -0.3 is 10.1 Å². The lowest BCUT2D eigenvalue weighted by molar-refractivity contribution is -0.385. The summed E-state index contributed by atoms with van der Waals surface area (Å²) in [5.74, 6) is 0.363. The third-order valence-corrected chi connectivity index (χ3v) is 3.47. The largest absolute Gasteiger partial charge is 0.485 e. The van der Waals surface area contributed by atoms with Gasteiger partial charge in [-0.1, -0.05) is 6.07 Å². The minimum absolute atomic E-state index is 0.0336.